The Balaban J connectivity index is 1.22. The lowest BCUT2D eigenvalue weighted by Gasteiger charge is -2.17. The molecule has 22 heavy (non-hydrogen) atoms. The van der Waals surface area contributed by atoms with E-state index in [0.29, 0.717) is 12.6 Å². The molecule has 5 heteroatoms. The van der Waals surface area contributed by atoms with Crippen molar-refractivity contribution < 1.29 is 4.79 Å². The van der Waals surface area contributed by atoms with Gasteiger partial charge in [-0.05, 0) is 50.4 Å². The first kappa shape index (κ1) is 14.1. The molecule has 1 aromatic rings. The lowest BCUT2D eigenvalue weighted by molar-refractivity contribution is 0.233. The van der Waals surface area contributed by atoms with Gasteiger partial charge in [0.25, 0.3) is 0 Å². The first-order valence-corrected chi connectivity index (χ1v) is 8.89. The highest BCUT2D eigenvalue weighted by molar-refractivity contribution is 5.74. The van der Waals surface area contributed by atoms with Crippen LogP contribution in [0.5, 0.6) is 0 Å². The third-order valence-electron chi connectivity index (χ3n) is 5.18. The second-order valence-corrected chi connectivity index (χ2v) is 7.15. The number of nitrogens with zero attached hydrogens (tertiary/aromatic N) is 2. The van der Waals surface area contributed by atoms with E-state index in [4.69, 9.17) is 0 Å². The van der Waals surface area contributed by atoms with Gasteiger partial charge in [0, 0.05) is 38.2 Å². The molecule has 0 atom stereocenters. The SMILES string of the molecule is O=C(NCCc1cn2c(n1)CCCC2)NC(C1CC1)C1CC1. The molecule has 0 bridgehead atoms. The van der Waals surface area contributed by atoms with E-state index in [-0.39, 0.29) is 6.03 Å². The molecule has 0 saturated heterocycles. The van der Waals surface area contributed by atoms with Gasteiger partial charge in [-0.25, -0.2) is 9.78 Å². The van der Waals surface area contributed by atoms with E-state index in [1.54, 1.807) is 0 Å². The van der Waals surface area contributed by atoms with Gasteiger partial charge in [-0.1, -0.05) is 0 Å². The van der Waals surface area contributed by atoms with Crippen molar-refractivity contribution >= 4 is 6.03 Å². The summed E-state index contributed by atoms with van der Waals surface area (Å²) in [5.41, 5.74) is 1.11. The Morgan fingerprint density at radius 1 is 1.27 bits per heavy atom. The molecule has 2 aliphatic carbocycles. The molecule has 1 aliphatic heterocycles. The highest BCUT2D eigenvalue weighted by atomic mass is 16.2. The quantitative estimate of drug-likeness (QED) is 0.847. The summed E-state index contributed by atoms with van der Waals surface area (Å²) in [6, 6.07) is 0.438. The average Bonchev–Trinajstić information content (AvgIpc) is 3.41. The molecule has 2 amide bonds. The highest BCUT2D eigenvalue weighted by Gasteiger charge is 2.42. The van der Waals surface area contributed by atoms with E-state index >= 15 is 0 Å². The summed E-state index contributed by atoms with van der Waals surface area (Å²) in [6.07, 6.45) is 11.8. The van der Waals surface area contributed by atoms with Crippen LogP contribution >= 0.6 is 0 Å². The molecule has 0 radical (unpaired) electrons. The molecule has 3 aliphatic rings. The molecule has 5 nitrogen and oxygen atoms in total. The van der Waals surface area contributed by atoms with Crippen molar-refractivity contribution in [3.05, 3.63) is 17.7 Å². The van der Waals surface area contributed by atoms with Gasteiger partial charge in [0.05, 0.1) is 5.69 Å². The number of fused-ring (bicyclic) bond motifs is 1. The van der Waals surface area contributed by atoms with Crippen LogP contribution in [-0.4, -0.2) is 28.2 Å². The summed E-state index contributed by atoms with van der Waals surface area (Å²) in [6.45, 7) is 1.77. The Kier molecular flexibility index (Phi) is 3.80. The summed E-state index contributed by atoms with van der Waals surface area (Å²) in [7, 11) is 0. The van der Waals surface area contributed by atoms with E-state index in [1.807, 2.05) is 0 Å². The Morgan fingerprint density at radius 3 is 2.73 bits per heavy atom. The van der Waals surface area contributed by atoms with Crippen LogP contribution in [0.15, 0.2) is 6.20 Å². The number of rotatable bonds is 6. The number of urea groups is 1. The summed E-state index contributed by atoms with van der Waals surface area (Å²) in [5, 5.41) is 6.21. The summed E-state index contributed by atoms with van der Waals surface area (Å²) < 4.78 is 2.27. The number of carbonyl (C=O) groups is 1. The normalized spacial score (nSPS) is 20.8. The molecule has 0 spiro atoms. The molecule has 2 N–H and O–H groups in total. The predicted octanol–water partition coefficient (Wildman–Crippen LogP) is 2.25. The van der Waals surface area contributed by atoms with Gasteiger partial charge in [-0.15, -0.1) is 0 Å². The van der Waals surface area contributed by atoms with Crippen LogP contribution < -0.4 is 10.6 Å². The lowest BCUT2D eigenvalue weighted by Crippen LogP contribution is -2.44. The van der Waals surface area contributed by atoms with E-state index in [9.17, 15) is 4.79 Å². The van der Waals surface area contributed by atoms with Crippen LogP contribution in [0.2, 0.25) is 0 Å². The summed E-state index contributed by atoms with van der Waals surface area (Å²) in [4.78, 5) is 16.7. The zero-order chi connectivity index (χ0) is 14.9. The molecule has 0 unspecified atom stereocenters. The topological polar surface area (TPSA) is 59.0 Å². The molecular formula is C17H26N4O. The van der Waals surface area contributed by atoms with Crippen LogP contribution in [0.3, 0.4) is 0 Å². The van der Waals surface area contributed by atoms with Gasteiger partial charge in [0.15, 0.2) is 0 Å². The third kappa shape index (κ3) is 3.28. The zero-order valence-corrected chi connectivity index (χ0v) is 13.2. The number of hydrogen-bond donors (Lipinski definition) is 2. The Bertz CT molecular complexity index is 509. The molecule has 0 aromatic carbocycles. The van der Waals surface area contributed by atoms with Crippen LogP contribution in [0.1, 0.15) is 50.0 Å². The minimum atomic E-state index is 0.00720. The number of aryl methyl sites for hydroxylation is 2. The van der Waals surface area contributed by atoms with E-state index < -0.39 is 0 Å². The lowest BCUT2D eigenvalue weighted by atomic mass is 10.1. The van der Waals surface area contributed by atoms with Crippen molar-refractivity contribution in [3.63, 3.8) is 0 Å². The molecule has 2 saturated carbocycles. The van der Waals surface area contributed by atoms with Crippen LogP contribution in [0, 0.1) is 11.8 Å². The van der Waals surface area contributed by atoms with Gasteiger partial charge in [-0.3, -0.25) is 0 Å². The van der Waals surface area contributed by atoms with Crippen LogP contribution in [0.25, 0.3) is 0 Å². The van der Waals surface area contributed by atoms with E-state index in [0.717, 1.165) is 36.9 Å². The molecule has 120 valence electrons. The monoisotopic (exact) mass is 302 g/mol. The Hall–Kier alpha value is -1.52. The van der Waals surface area contributed by atoms with Crippen molar-refractivity contribution in [1.29, 1.82) is 0 Å². The smallest absolute Gasteiger partial charge is 0.315 e. The predicted molar refractivity (Wildman–Crippen MR) is 84.6 cm³/mol. The number of carbonyl (C=O) groups excluding carboxylic acids is 1. The Labute approximate surface area is 131 Å². The fourth-order valence-electron chi connectivity index (χ4n) is 3.63. The maximum atomic E-state index is 12.1. The molecule has 2 fully saturated rings. The van der Waals surface area contributed by atoms with Gasteiger partial charge in [0.2, 0.25) is 0 Å². The zero-order valence-electron chi connectivity index (χ0n) is 13.2. The fraction of sp³-hybridized carbons (Fsp3) is 0.765. The minimum Gasteiger partial charge on any atom is -0.338 e. The fourth-order valence-corrected chi connectivity index (χ4v) is 3.63. The Morgan fingerprint density at radius 2 is 2.05 bits per heavy atom. The molecule has 4 rings (SSSR count). The first-order valence-electron chi connectivity index (χ1n) is 8.89. The average molecular weight is 302 g/mol. The van der Waals surface area contributed by atoms with Crippen molar-refractivity contribution in [2.75, 3.05) is 6.54 Å². The van der Waals surface area contributed by atoms with Crippen LogP contribution in [-0.2, 0) is 19.4 Å². The number of imidazole rings is 1. The van der Waals surface area contributed by atoms with E-state index in [2.05, 4.69) is 26.4 Å². The third-order valence-corrected chi connectivity index (χ3v) is 5.18. The summed E-state index contributed by atoms with van der Waals surface area (Å²) in [5.74, 6) is 2.71. The van der Waals surface area contributed by atoms with Gasteiger partial charge < -0.3 is 15.2 Å². The highest BCUT2D eigenvalue weighted by Crippen LogP contribution is 2.44. The van der Waals surface area contributed by atoms with Gasteiger partial charge in [0.1, 0.15) is 5.82 Å². The second kappa shape index (κ2) is 5.94. The second-order valence-electron chi connectivity index (χ2n) is 7.15. The maximum Gasteiger partial charge on any atom is 0.315 e. The molecular weight excluding hydrogens is 276 g/mol. The minimum absolute atomic E-state index is 0.00720. The van der Waals surface area contributed by atoms with Crippen molar-refractivity contribution in [3.8, 4) is 0 Å². The summed E-state index contributed by atoms with van der Waals surface area (Å²) >= 11 is 0. The number of nitrogens with one attached hydrogen (secondary N) is 2. The first-order chi connectivity index (χ1) is 10.8. The largest absolute Gasteiger partial charge is 0.338 e. The van der Waals surface area contributed by atoms with E-state index in [1.165, 1.54) is 44.3 Å². The molecule has 2 heterocycles. The standard InChI is InChI=1S/C17H26N4O/c22-17(20-16(12-4-5-12)13-6-7-13)18-9-8-14-11-21-10-2-1-3-15(21)19-14/h11-13,16H,1-10H2,(H2,18,20,22). The maximum absolute atomic E-state index is 12.1. The van der Waals surface area contributed by atoms with Crippen molar-refractivity contribution in [2.45, 2.75) is 64.0 Å². The number of aromatic nitrogens is 2. The van der Waals surface area contributed by atoms with Crippen LogP contribution in [0.4, 0.5) is 4.79 Å². The molecule has 1 aromatic heterocycles. The van der Waals surface area contributed by atoms with Crippen molar-refractivity contribution in [1.82, 2.24) is 20.2 Å². The van der Waals surface area contributed by atoms with Gasteiger partial charge in [-0.2, -0.15) is 0 Å². The number of amides is 2. The van der Waals surface area contributed by atoms with Gasteiger partial charge >= 0.3 is 6.03 Å². The van der Waals surface area contributed by atoms with Crippen molar-refractivity contribution in [2.24, 2.45) is 11.8 Å². The number of hydrogen-bond acceptors (Lipinski definition) is 2.